The van der Waals surface area contributed by atoms with Gasteiger partial charge in [-0.05, 0) is 37.8 Å². The van der Waals surface area contributed by atoms with Crippen LogP contribution in [0.4, 0.5) is 4.39 Å². The predicted molar refractivity (Wildman–Crippen MR) is 75.8 cm³/mol. The normalized spacial score (nSPS) is 25.9. The van der Waals surface area contributed by atoms with Gasteiger partial charge in [0.15, 0.2) is 0 Å². The van der Waals surface area contributed by atoms with Gasteiger partial charge >= 0.3 is 0 Å². The molecule has 0 spiro atoms. The highest BCUT2D eigenvalue weighted by atomic mass is 35.5. The summed E-state index contributed by atoms with van der Waals surface area (Å²) >= 11 is 5.71. The molecule has 2 fully saturated rings. The summed E-state index contributed by atoms with van der Waals surface area (Å²) in [5, 5.41) is 3.57. The van der Waals surface area contributed by atoms with E-state index in [2.05, 4.69) is 5.32 Å². The van der Waals surface area contributed by atoms with E-state index < -0.39 is 5.82 Å². The molecule has 5 heteroatoms. The first-order valence-corrected chi connectivity index (χ1v) is 7.55. The fraction of sp³-hybridized carbons (Fsp3) is 0.600. The number of ether oxygens (including phenoxy) is 2. The summed E-state index contributed by atoms with van der Waals surface area (Å²) in [4.78, 5) is 0. The first kappa shape index (κ1) is 14.1. The van der Waals surface area contributed by atoms with Gasteiger partial charge in [-0.25, -0.2) is 4.39 Å². The molecule has 2 unspecified atom stereocenters. The van der Waals surface area contributed by atoms with E-state index in [0.717, 1.165) is 25.4 Å². The Kier molecular flexibility index (Phi) is 4.44. The maximum absolute atomic E-state index is 13.0. The van der Waals surface area contributed by atoms with E-state index in [0.29, 0.717) is 18.5 Å². The fourth-order valence-electron chi connectivity index (χ4n) is 2.39. The minimum atomic E-state index is -0.428. The van der Waals surface area contributed by atoms with Crippen LogP contribution in [0, 0.1) is 5.82 Å². The van der Waals surface area contributed by atoms with E-state index in [1.54, 1.807) is 6.07 Å². The zero-order valence-corrected chi connectivity index (χ0v) is 12.0. The average molecular weight is 300 g/mol. The van der Waals surface area contributed by atoms with Crippen molar-refractivity contribution in [3.8, 4) is 5.75 Å². The van der Waals surface area contributed by atoms with Crippen LogP contribution in [0.3, 0.4) is 0 Å². The van der Waals surface area contributed by atoms with Crippen molar-refractivity contribution in [2.75, 3.05) is 13.2 Å². The molecule has 0 aromatic heterocycles. The number of halogens is 2. The molecule has 1 N–H and O–H groups in total. The van der Waals surface area contributed by atoms with Gasteiger partial charge < -0.3 is 14.8 Å². The van der Waals surface area contributed by atoms with Crippen molar-refractivity contribution in [1.82, 2.24) is 5.32 Å². The molecule has 1 aromatic carbocycles. The van der Waals surface area contributed by atoms with Crippen LogP contribution in [0.1, 0.15) is 25.7 Å². The zero-order valence-electron chi connectivity index (χ0n) is 11.3. The van der Waals surface area contributed by atoms with Gasteiger partial charge in [0.25, 0.3) is 0 Å². The molecular formula is C15H19ClFNO2. The van der Waals surface area contributed by atoms with Crippen molar-refractivity contribution in [3.63, 3.8) is 0 Å². The van der Waals surface area contributed by atoms with E-state index in [4.69, 9.17) is 21.1 Å². The van der Waals surface area contributed by atoms with Crippen LogP contribution >= 0.6 is 11.6 Å². The molecule has 1 aromatic rings. The van der Waals surface area contributed by atoms with Crippen molar-refractivity contribution in [1.29, 1.82) is 0 Å². The summed E-state index contributed by atoms with van der Waals surface area (Å²) in [5.74, 6) is 0.155. The Hall–Kier alpha value is -0.840. The SMILES string of the molecule is Fc1ccc(OCC2CCC(CNC3CC3)O2)cc1Cl. The smallest absolute Gasteiger partial charge is 0.142 e. The molecular weight excluding hydrogens is 281 g/mol. The third kappa shape index (κ3) is 3.84. The molecule has 0 amide bonds. The molecule has 3 nitrogen and oxygen atoms in total. The molecule has 1 aliphatic heterocycles. The lowest BCUT2D eigenvalue weighted by Crippen LogP contribution is -2.29. The van der Waals surface area contributed by atoms with Gasteiger partial charge in [0, 0.05) is 18.7 Å². The number of rotatable bonds is 6. The second-order valence-corrected chi connectivity index (χ2v) is 5.93. The fourth-order valence-corrected chi connectivity index (χ4v) is 2.56. The Morgan fingerprint density at radius 3 is 2.80 bits per heavy atom. The van der Waals surface area contributed by atoms with E-state index in [1.807, 2.05) is 0 Å². The third-order valence-corrected chi connectivity index (χ3v) is 4.02. The molecule has 20 heavy (non-hydrogen) atoms. The first-order chi connectivity index (χ1) is 9.70. The van der Waals surface area contributed by atoms with Crippen LogP contribution in [0.15, 0.2) is 18.2 Å². The largest absolute Gasteiger partial charge is 0.491 e. The molecule has 1 saturated heterocycles. The molecule has 110 valence electrons. The van der Waals surface area contributed by atoms with Crippen LogP contribution in [-0.4, -0.2) is 31.4 Å². The molecule has 2 aliphatic rings. The molecule has 1 saturated carbocycles. The van der Waals surface area contributed by atoms with Crippen LogP contribution < -0.4 is 10.1 Å². The van der Waals surface area contributed by atoms with Crippen LogP contribution in [-0.2, 0) is 4.74 Å². The van der Waals surface area contributed by atoms with Crippen molar-refractivity contribution in [2.45, 2.75) is 43.9 Å². The minimum Gasteiger partial charge on any atom is -0.491 e. The van der Waals surface area contributed by atoms with Crippen LogP contribution in [0.25, 0.3) is 0 Å². The van der Waals surface area contributed by atoms with E-state index >= 15 is 0 Å². The zero-order chi connectivity index (χ0) is 13.9. The highest BCUT2D eigenvalue weighted by Gasteiger charge is 2.28. The summed E-state index contributed by atoms with van der Waals surface area (Å²) in [6.07, 6.45) is 5.07. The van der Waals surface area contributed by atoms with E-state index in [9.17, 15) is 4.39 Å². The van der Waals surface area contributed by atoms with Gasteiger partial charge in [0.1, 0.15) is 18.2 Å². The molecule has 0 bridgehead atoms. The lowest BCUT2D eigenvalue weighted by Gasteiger charge is -2.15. The van der Waals surface area contributed by atoms with Crippen molar-refractivity contribution < 1.29 is 13.9 Å². The highest BCUT2D eigenvalue weighted by Crippen LogP contribution is 2.25. The summed E-state index contributed by atoms with van der Waals surface area (Å²) in [6.45, 7) is 1.42. The molecule has 1 aliphatic carbocycles. The Balaban J connectivity index is 1.41. The Morgan fingerprint density at radius 1 is 1.25 bits per heavy atom. The van der Waals surface area contributed by atoms with Crippen molar-refractivity contribution in [2.24, 2.45) is 0 Å². The molecule has 3 rings (SSSR count). The quantitative estimate of drug-likeness (QED) is 0.875. The van der Waals surface area contributed by atoms with E-state index in [1.165, 1.54) is 25.0 Å². The first-order valence-electron chi connectivity index (χ1n) is 7.17. The van der Waals surface area contributed by atoms with Gasteiger partial charge in [-0.1, -0.05) is 11.6 Å². The van der Waals surface area contributed by atoms with E-state index in [-0.39, 0.29) is 11.1 Å². The maximum Gasteiger partial charge on any atom is 0.142 e. The minimum absolute atomic E-state index is 0.0846. The highest BCUT2D eigenvalue weighted by molar-refractivity contribution is 6.30. The van der Waals surface area contributed by atoms with Crippen molar-refractivity contribution >= 4 is 11.6 Å². The predicted octanol–water partition coefficient (Wildman–Crippen LogP) is 3.16. The van der Waals surface area contributed by atoms with Crippen LogP contribution in [0.5, 0.6) is 5.75 Å². The van der Waals surface area contributed by atoms with Gasteiger partial charge in [0.05, 0.1) is 17.2 Å². The lowest BCUT2D eigenvalue weighted by molar-refractivity contribution is 0.0184. The van der Waals surface area contributed by atoms with Gasteiger partial charge in [-0.3, -0.25) is 0 Å². The summed E-state index contributed by atoms with van der Waals surface area (Å²) < 4.78 is 24.6. The number of benzene rings is 1. The number of nitrogens with one attached hydrogen (secondary N) is 1. The molecule has 2 atom stereocenters. The lowest BCUT2D eigenvalue weighted by atomic mass is 10.2. The Bertz CT molecular complexity index is 467. The second-order valence-electron chi connectivity index (χ2n) is 5.53. The van der Waals surface area contributed by atoms with Gasteiger partial charge in [-0.15, -0.1) is 0 Å². The Labute approximate surface area is 123 Å². The monoisotopic (exact) mass is 299 g/mol. The number of hydrogen-bond acceptors (Lipinski definition) is 3. The standard InChI is InChI=1S/C15H19ClFNO2/c16-14-7-11(5-6-15(14)17)19-9-13-4-3-12(20-13)8-18-10-1-2-10/h5-7,10,12-13,18H,1-4,8-9H2. The van der Waals surface area contributed by atoms with Crippen LogP contribution in [0.2, 0.25) is 5.02 Å². The number of hydrogen-bond donors (Lipinski definition) is 1. The summed E-state index contributed by atoms with van der Waals surface area (Å²) in [6, 6.07) is 5.12. The summed E-state index contributed by atoms with van der Waals surface area (Å²) in [5.41, 5.74) is 0. The third-order valence-electron chi connectivity index (χ3n) is 3.73. The molecule has 0 radical (unpaired) electrons. The topological polar surface area (TPSA) is 30.5 Å². The maximum atomic E-state index is 13.0. The second kappa shape index (κ2) is 6.29. The summed E-state index contributed by atoms with van der Waals surface area (Å²) in [7, 11) is 0. The van der Waals surface area contributed by atoms with Gasteiger partial charge in [0.2, 0.25) is 0 Å². The van der Waals surface area contributed by atoms with Crippen molar-refractivity contribution in [3.05, 3.63) is 29.0 Å². The molecule has 1 heterocycles. The average Bonchev–Trinajstić information content (AvgIpc) is 3.16. The Morgan fingerprint density at radius 2 is 2.05 bits per heavy atom. The van der Waals surface area contributed by atoms with Gasteiger partial charge in [-0.2, -0.15) is 0 Å².